The van der Waals surface area contributed by atoms with Crippen molar-refractivity contribution in [1.29, 1.82) is 0 Å². The Labute approximate surface area is 85.9 Å². The maximum Gasteiger partial charge on any atom is 0.00851 e. The van der Waals surface area contributed by atoms with Gasteiger partial charge in [-0.25, -0.2) is 0 Å². The van der Waals surface area contributed by atoms with Gasteiger partial charge in [-0.2, -0.15) is 0 Å². The van der Waals surface area contributed by atoms with Gasteiger partial charge in [0, 0.05) is 24.4 Å². The Balaban J connectivity index is 2.44. The first-order valence-electron chi connectivity index (χ1n) is 5.43. The molecule has 2 heteroatoms. The van der Waals surface area contributed by atoms with E-state index in [1.54, 1.807) is 0 Å². The Kier molecular flexibility index (Phi) is 2.18. The lowest BCUT2D eigenvalue weighted by atomic mass is 9.65. The van der Waals surface area contributed by atoms with Crippen molar-refractivity contribution in [1.82, 2.24) is 4.98 Å². The van der Waals surface area contributed by atoms with E-state index in [1.165, 1.54) is 24.0 Å². The number of hydrogen-bond donors (Lipinski definition) is 2. The van der Waals surface area contributed by atoms with Crippen LogP contribution < -0.4 is 5.73 Å². The third-order valence-electron chi connectivity index (χ3n) is 3.61. The highest BCUT2D eigenvalue weighted by atomic mass is 14.7. The molecule has 0 fully saturated rings. The second-order valence-electron chi connectivity index (χ2n) is 5.26. The van der Waals surface area contributed by atoms with E-state index >= 15 is 0 Å². The first-order valence-corrected chi connectivity index (χ1v) is 5.43. The summed E-state index contributed by atoms with van der Waals surface area (Å²) >= 11 is 0. The third-order valence-corrected chi connectivity index (χ3v) is 3.61. The number of fused-ring (bicyclic) bond motifs is 1. The maximum atomic E-state index is 6.10. The van der Waals surface area contributed by atoms with Crippen LogP contribution >= 0.6 is 0 Å². The van der Waals surface area contributed by atoms with E-state index in [-0.39, 0.29) is 6.04 Å². The van der Waals surface area contributed by atoms with Crippen molar-refractivity contribution >= 4 is 0 Å². The molecule has 0 saturated heterocycles. The van der Waals surface area contributed by atoms with Crippen molar-refractivity contribution in [2.45, 2.75) is 45.6 Å². The zero-order valence-corrected chi connectivity index (χ0v) is 9.30. The predicted octanol–water partition coefficient (Wildman–Crippen LogP) is 2.42. The van der Waals surface area contributed by atoms with Crippen molar-refractivity contribution in [2.24, 2.45) is 11.1 Å². The molecule has 0 aliphatic heterocycles. The second kappa shape index (κ2) is 3.13. The van der Waals surface area contributed by atoms with Crippen LogP contribution in [0.15, 0.2) is 12.4 Å². The molecule has 2 rings (SSSR count). The zero-order chi connectivity index (χ0) is 10.3. The summed E-state index contributed by atoms with van der Waals surface area (Å²) in [5.41, 5.74) is 9.34. The van der Waals surface area contributed by atoms with E-state index in [4.69, 9.17) is 5.73 Å². The fraction of sp³-hybridized carbons (Fsp3) is 0.667. The van der Waals surface area contributed by atoms with E-state index < -0.39 is 0 Å². The van der Waals surface area contributed by atoms with Gasteiger partial charge >= 0.3 is 0 Å². The molecular weight excluding hydrogens is 172 g/mol. The molecule has 0 saturated carbocycles. The molecule has 0 spiro atoms. The quantitative estimate of drug-likeness (QED) is 0.705. The molecule has 1 aromatic heterocycles. The summed E-state index contributed by atoms with van der Waals surface area (Å²) in [5.74, 6) is 0.498. The van der Waals surface area contributed by atoms with Gasteiger partial charge in [0.2, 0.25) is 0 Å². The van der Waals surface area contributed by atoms with Crippen LogP contribution in [0.2, 0.25) is 0 Å². The number of hydrogen-bond acceptors (Lipinski definition) is 1. The third kappa shape index (κ3) is 1.38. The minimum atomic E-state index is 0.236. The summed E-state index contributed by atoms with van der Waals surface area (Å²) in [5, 5.41) is 0. The Morgan fingerprint density at radius 2 is 2.21 bits per heavy atom. The fourth-order valence-corrected chi connectivity index (χ4v) is 2.94. The van der Waals surface area contributed by atoms with Gasteiger partial charge in [0.1, 0.15) is 0 Å². The smallest absolute Gasteiger partial charge is 0.00851 e. The standard InChI is InChI=1S/C12H20N2/c1-8(13)11-10-7-14-6-9(10)4-5-12(11,2)3/h6-8,11,14H,4-5,13H2,1-3H3. The lowest BCUT2D eigenvalue weighted by Gasteiger charge is -2.41. The number of aromatic nitrogens is 1. The molecule has 2 atom stereocenters. The number of aryl methyl sites for hydroxylation is 1. The number of aromatic amines is 1. The SMILES string of the molecule is CC(N)C1c2c[nH]cc2CCC1(C)C. The van der Waals surface area contributed by atoms with Crippen LogP contribution in [-0.2, 0) is 6.42 Å². The van der Waals surface area contributed by atoms with Crippen LogP contribution in [-0.4, -0.2) is 11.0 Å². The summed E-state index contributed by atoms with van der Waals surface area (Å²) in [6.07, 6.45) is 6.68. The molecular formula is C12H20N2. The van der Waals surface area contributed by atoms with Crippen molar-refractivity contribution in [2.75, 3.05) is 0 Å². The normalized spacial score (nSPS) is 27.0. The summed E-state index contributed by atoms with van der Waals surface area (Å²) in [7, 11) is 0. The van der Waals surface area contributed by atoms with Crippen LogP contribution in [0, 0.1) is 5.41 Å². The van der Waals surface area contributed by atoms with E-state index in [9.17, 15) is 0 Å². The lowest BCUT2D eigenvalue weighted by molar-refractivity contribution is 0.222. The fourth-order valence-electron chi connectivity index (χ4n) is 2.94. The molecule has 0 radical (unpaired) electrons. The maximum absolute atomic E-state index is 6.10. The van der Waals surface area contributed by atoms with Crippen molar-refractivity contribution < 1.29 is 0 Å². The molecule has 0 bridgehead atoms. The molecule has 1 aliphatic carbocycles. The second-order valence-corrected chi connectivity index (χ2v) is 5.26. The highest BCUT2D eigenvalue weighted by Crippen LogP contribution is 2.46. The van der Waals surface area contributed by atoms with E-state index in [0.29, 0.717) is 11.3 Å². The Morgan fingerprint density at radius 3 is 2.86 bits per heavy atom. The Bertz CT molecular complexity index is 323. The number of nitrogens with one attached hydrogen (secondary N) is 1. The van der Waals surface area contributed by atoms with Gasteiger partial charge < -0.3 is 10.7 Å². The van der Waals surface area contributed by atoms with Crippen molar-refractivity contribution in [3.8, 4) is 0 Å². The zero-order valence-electron chi connectivity index (χ0n) is 9.30. The van der Waals surface area contributed by atoms with Crippen LogP contribution in [0.5, 0.6) is 0 Å². The van der Waals surface area contributed by atoms with Gasteiger partial charge in [0.05, 0.1) is 0 Å². The minimum Gasteiger partial charge on any atom is -0.367 e. The average molecular weight is 192 g/mol. The van der Waals surface area contributed by atoms with Crippen LogP contribution in [0.1, 0.15) is 44.2 Å². The van der Waals surface area contributed by atoms with Crippen molar-refractivity contribution in [3.05, 3.63) is 23.5 Å². The monoisotopic (exact) mass is 192 g/mol. The number of rotatable bonds is 1. The van der Waals surface area contributed by atoms with E-state index in [1.807, 2.05) is 0 Å². The largest absolute Gasteiger partial charge is 0.367 e. The molecule has 1 aliphatic rings. The lowest BCUT2D eigenvalue weighted by Crippen LogP contribution is -2.38. The summed E-state index contributed by atoms with van der Waals surface area (Å²) in [6.45, 7) is 6.78. The number of H-pyrrole nitrogens is 1. The molecule has 0 aromatic carbocycles. The Hall–Kier alpha value is -0.760. The predicted molar refractivity (Wildman–Crippen MR) is 59.3 cm³/mol. The van der Waals surface area contributed by atoms with Gasteiger partial charge in [-0.3, -0.25) is 0 Å². The van der Waals surface area contributed by atoms with Gasteiger partial charge in [0.25, 0.3) is 0 Å². The summed E-state index contributed by atoms with van der Waals surface area (Å²) in [4.78, 5) is 3.21. The van der Waals surface area contributed by atoms with Crippen LogP contribution in [0.3, 0.4) is 0 Å². The highest BCUT2D eigenvalue weighted by Gasteiger charge is 2.38. The molecule has 2 unspecified atom stereocenters. The molecule has 3 N–H and O–H groups in total. The Morgan fingerprint density at radius 1 is 1.50 bits per heavy atom. The topological polar surface area (TPSA) is 41.8 Å². The van der Waals surface area contributed by atoms with Gasteiger partial charge in [-0.15, -0.1) is 0 Å². The summed E-state index contributed by atoms with van der Waals surface area (Å²) < 4.78 is 0. The number of nitrogens with two attached hydrogens (primary N) is 1. The molecule has 1 aromatic rings. The summed E-state index contributed by atoms with van der Waals surface area (Å²) in [6, 6.07) is 0.236. The highest BCUT2D eigenvalue weighted by molar-refractivity contribution is 5.33. The van der Waals surface area contributed by atoms with Gasteiger partial charge in [-0.05, 0) is 36.3 Å². The van der Waals surface area contributed by atoms with Gasteiger partial charge in [-0.1, -0.05) is 13.8 Å². The van der Waals surface area contributed by atoms with Gasteiger partial charge in [0.15, 0.2) is 0 Å². The first kappa shape index (κ1) is 9.78. The van der Waals surface area contributed by atoms with Crippen LogP contribution in [0.25, 0.3) is 0 Å². The minimum absolute atomic E-state index is 0.236. The molecule has 78 valence electrons. The van der Waals surface area contributed by atoms with E-state index in [2.05, 4.69) is 38.1 Å². The van der Waals surface area contributed by atoms with E-state index in [0.717, 1.165) is 0 Å². The molecule has 0 amide bonds. The molecule has 14 heavy (non-hydrogen) atoms. The first-order chi connectivity index (χ1) is 6.52. The molecule has 2 nitrogen and oxygen atoms in total. The average Bonchev–Trinajstić information content (AvgIpc) is 2.48. The molecule has 1 heterocycles. The van der Waals surface area contributed by atoms with Crippen LogP contribution in [0.4, 0.5) is 0 Å². The van der Waals surface area contributed by atoms with Crippen molar-refractivity contribution in [3.63, 3.8) is 0 Å².